The average Bonchev–Trinajstić information content (AvgIpc) is 2.64. The zero-order valence-corrected chi connectivity index (χ0v) is 19.3. The number of ether oxygens (including phenoxy) is 2. The molecule has 0 aliphatic carbocycles. The number of halogens is 1. The number of alkyl halides is 1. The molecule has 0 aromatic heterocycles. The molecule has 0 radical (unpaired) electrons. The van der Waals surface area contributed by atoms with Crippen LogP contribution in [0.4, 0.5) is 11.4 Å². The van der Waals surface area contributed by atoms with Crippen molar-refractivity contribution >= 4 is 23.1 Å². The van der Waals surface area contributed by atoms with Crippen LogP contribution in [0.15, 0.2) is 48.5 Å². The Kier molecular flexibility index (Phi) is 9.01. The van der Waals surface area contributed by atoms with Crippen molar-refractivity contribution in [3.05, 3.63) is 54.1 Å². The second kappa shape index (κ2) is 11.0. The number of thioether (sulfide) groups is 1. The summed E-state index contributed by atoms with van der Waals surface area (Å²) in [7, 11) is 1.67. The van der Waals surface area contributed by atoms with Crippen LogP contribution in [0.2, 0.25) is 0 Å². The first-order valence-electron chi connectivity index (χ1n) is 8.70. The van der Waals surface area contributed by atoms with Crippen LogP contribution >= 0.6 is 11.8 Å². The number of rotatable bonds is 10. The SMILES string of the molecule is COc1ccc(CSC(N)Nc2ccc(N[I-]COC(C)(C)C)cc2)cc1. The molecule has 2 rings (SSSR count). The Balaban J connectivity index is 1.71. The fourth-order valence-corrected chi connectivity index (χ4v) is 4.87. The summed E-state index contributed by atoms with van der Waals surface area (Å²) in [6.07, 6.45) is 0. The number of methoxy groups -OCH3 is 1. The van der Waals surface area contributed by atoms with Crippen molar-refractivity contribution < 1.29 is 31.0 Å². The molecular formula is C20H29IN3O2S-. The molecule has 1 atom stereocenters. The van der Waals surface area contributed by atoms with Crippen LogP contribution < -0.4 is 40.8 Å². The van der Waals surface area contributed by atoms with E-state index in [0.717, 1.165) is 27.5 Å². The summed E-state index contributed by atoms with van der Waals surface area (Å²) in [6.45, 7) is 6.23. The summed E-state index contributed by atoms with van der Waals surface area (Å²) in [6, 6.07) is 16.3. The molecule has 0 fully saturated rings. The van der Waals surface area contributed by atoms with E-state index in [9.17, 15) is 0 Å². The van der Waals surface area contributed by atoms with E-state index in [4.69, 9.17) is 15.2 Å². The quantitative estimate of drug-likeness (QED) is 0.150. The van der Waals surface area contributed by atoms with Crippen LogP contribution in [0.1, 0.15) is 26.3 Å². The minimum atomic E-state index is -0.213. The van der Waals surface area contributed by atoms with Crippen LogP contribution in [-0.4, -0.2) is 22.8 Å². The fourth-order valence-electron chi connectivity index (χ4n) is 2.04. The first kappa shape index (κ1) is 22.1. The Bertz CT molecular complexity index is 675. The number of benzene rings is 2. The van der Waals surface area contributed by atoms with Crippen molar-refractivity contribution in [2.75, 3.05) is 20.6 Å². The van der Waals surface area contributed by atoms with Gasteiger partial charge in [-0.05, 0) is 0 Å². The molecule has 0 bridgehead atoms. The topological polar surface area (TPSA) is 68.5 Å². The molecule has 0 amide bonds. The molecular weight excluding hydrogens is 473 g/mol. The Morgan fingerprint density at radius 2 is 1.67 bits per heavy atom. The van der Waals surface area contributed by atoms with Crippen LogP contribution in [0, 0.1) is 0 Å². The third-order valence-corrected chi connectivity index (χ3v) is 6.10. The van der Waals surface area contributed by atoms with Crippen molar-refractivity contribution in [3.63, 3.8) is 0 Å². The monoisotopic (exact) mass is 502 g/mol. The average molecular weight is 502 g/mol. The van der Waals surface area contributed by atoms with Gasteiger partial charge in [0.1, 0.15) is 5.75 Å². The van der Waals surface area contributed by atoms with Gasteiger partial charge in [-0.25, -0.2) is 0 Å². The molecule has 1 unspecified atom stereocenters. The van der Waals surface area contributed by atoms with Gasteiger partial charge in [0.05, 0.1) is 7.11 Å². The predicted molar refractivity (Wildman–Crippen MR) is 112 cm³/mol. The first-order valence-corrected chi connectivity index (χ1v) is 12.4. The van der Waals surface area contributed by atoms with E-state index in [1.165, 1.54) is 5.56 Å². The number of nitrogens with two attached hydrogens (primary N) is 1. The molecule has 7 heteroatoms. The van der Waals surface area contributed by atoms with E-state index in [1.807, 2.05) is 24.3 Å². The third-order valence-electron chi connectivity index (χ3n) is 3.50. The summed E-state index contributed by atoms with van der Waals surface area (Å²) in [4.78, 5) is 0. The number of nitrogens with one attached hydrogen (secondary N) is 2. The van der Waals surface area contributed by atoms with Gasteiger partial charge in [-0.15, -0.1) is 0 Å². The maximum absolute atomic E-state index is 6.19. The molecule has 0 saturated carbocycles. The van der Waals surface area contributed by atoms with Gasteiger partial charge >= 0.3 is 160 Å². The molecule has 27 heavy (non-hydrogen) atoms. The second-order valence-corrected chi connectivity index (χ2v) is 9.95. The van der Waals surface area contributed by atoms with E-state index in [0.29, 0.717) is 0 Å². The van der Waals surface area contributed by atoms with Gasteiger partial charge in [0.2, 0.25) is 0 Å². The van der Waals surface area contributed by atoms with Crippen molar-refractivity contribution in [1.82, 2.24) is 0 Å². The Hall–Kier alpha value is -1.16. The minimum absolute atomic E-state index is 0.0746. The van der Waals surface area contributed by atoms with Gasteiger partial charge in [-0.3, -0.25) is 0 Å². The molecule has 0 aliphatic heterocycles. The van der Waals surface area contributed by atoms with E-state index in [-0.39, 0.29) is 32.6 Å². The van der Waals surface area contributed by atoms with E-state index >= 15 is 0 Å². The summed E-state index contributed by atoms with van der Waals surface area (Å²) in [5, 5.41) is 3.32. The summed E-state index contributed by atoms with van der Waals surface area (Å²) >= 11 is 1.45. The van der Waals surface area contributed by atoms with E-state index < -0.39 is 0 Å². The number of hydrogen-bond donors (Lipinski definition) is 3. The zero-order valence-electron chi connectivity index (χ0n) is 16.3. The van der Waals surface area contributed by atoms with Crippen LogP contribution in [0.25, 0.3) is 0 Å². The first-order chi connectivity index (χ1) is 12.9. The number of anilines is 2. The Morgan fingerprint density at radius 3 is 2.26 bits per heavy atom. The molecule has 2 aromatic carbocycles. The third kappa shape index (κ3) is 9.05. The number of hydrogen-bond acceptors (Lipinski definition) is 6. The van der Waals surface area contributed by atoms with Crippen molar-refractivity contribution in [2.24, 2.45) is 5.73 Å². The van der Waals surface area contributed by atoms with Crippen molar-refractivity contribution in [1.29, 1.82) is 0 Å². The fraction of sp³-hybridized carbons (Fsp3) is 0.400. The maximum atomic E-state index is 6.19. The van der Waals surface area contributed by atoms with Gasteiger partial charge in [-0.2, -0.15) is 0 Å². The van der Waals surface area contributed by atoms with Crippen molar-refractivity contribution in [2.45, 2.75) is 37.6 Å². The molecule has 0 heterocycles. The van der Waals surface area contributed by atoms with Crippen molar-refractivity contribution in [3.8, 4) is 5.75 Å². The Labute approximate surface area is 177 Å². The second-order valence-electron chi connectivity index (χ2n) is 6.90. The molecule has 2 aromatic rings. The van der Waals surface area contributed by atoms with Gasteiger partial charge < -0.3 is 4.74 Å². The molecule has 0 aliphatic rings. The van der Waals surface area contributed by atoms with E-state index in [1.54, 1.807) is 18.9 Å². The summed E-state index contributed by atoms with van der Waals surface area (Å²) < 4.78 is 15.2. The van der Waals surface area contributed by atoms with Gasteiger partial charge in [0.15, 0.2) is 0 Å². The van der Waals surface area contributed by atoms with Gasteiger partial charge in [-0.1, -0.05) is 0 Å². The Morgan fingerprint density at radius 1 is 1.04 bits per heavy atom. The molecule has 5 nitrogen and oxygen atoms in total. The van der Waals surface area contributed by atoms with E-state index in [2.05, 4.69) is 53.9 Å². The molecule has 0 spiro atoms. The van der Waals surface area contributed by atoms with Gasteiger partial charge in [0.25, 0.3) is 0 Å². The molecule has 150 valence electrons. The molecule has 4 N–H and O–H groups in total. The molecule has 0 saturated heterocycles. The van der Waals surface area contributed by atoms with Crippen LogP contribution in [-0.2, 0) is 10.5 Å². The zero-order chi connectivity index (χ0) is 19.7. The van der Waals surface area contributed by atoms with Gasteiger partial charge in [0, 0.05) is 0 Å². The summed E-state index contributed by atoms with van der Waals surface area (Å²) in [5.74, 6) is 1.71. The normalized spacial score (nSPS) is 12.6. The summed E-state index contributed by atoms with van der Waals surface area (Å²) in [5.41, 5.74) is 9.30. The van der Waals surface area contributed by atoms with Crippen LogP contribution in [0.5, 0.6) is 5.75 Å². The predicted octanol–water partition coefficient (Wildman–Crippen LogP) is 1.47. The van der Waals surface area contributed by atoms with Crippen LogP contribution in [0.3, 0.4) is 0 Å². The standard InChI is InChI=1S/C20H29IN3O2S/c1-20(2,3)26-14-21-24-17-9-7-16(8-10-17)23-19(22)27-13-15-5-11-18(25-4)12-6-15/h5-12,19,23-24H,13-14,22H2,1-4H3/q-1.